The van der Waals surface area contributed by atoms with Crippen LogP contribution < -0.4 is 5.32 Å². The first-order valence-electron chi connectivity index (χ1n) is 21.0. The van der Waals surface area contributed by atoms with Gasteiger partial charge in [0.15, 0.2) is 32.1 Å². The van der Waals surface area contributed by atoms with Gasteiger partial charge in [0.2, 0.25) is 0 Å². The van der Waals surface area contributed by atoms with Gasteiger partial charge in [-0.05, 0) is 97.8 Å². The first kappa shape index (κ1) is 50.7. The molecule has 0 aromatic heterocycles. The number of cyclic esters (lactones) is 1. The number of ether oxygens (including phenoxy) is 6. The zero-order valence-corrected chi connectivity index (χ0v) is 38.7. The first-order chi connectivity index (χ1) is 26.6. The van der Waals surface area contributed by atoms with E-state index in [2.05, 4.69) is 32.7 Å². The molecule has 12 atom stereocenters. The van der Waals surface area contributed by atoms with Crippen LogP contribution >= 0.6 is 0 Å². The van der Waals surface area contributed by atoms with E-state index >= 15 is 0 Å². The summed E-state index contributed by atoms with van der Waals surface area (Å²) in [5, 5.41) is 2.96. The predicted octanol–water partition coefficient (Wildman–Crippen LogP) is 6.39. The molecule has 1 N–H and O–H groups in total. The Morgan fingerprint density at radius 3 is 2.18 bits per heavy atom. The number of methoxy groups -OCH3 is 1. The van der Waals surface area contributed by atoms with Gasteiger partial charge in [-0.1, -0.05) is 47.6 Å². The number of ketones is 1. The summed E-state index contributed by atoms with van der Waals surface area (Å²) in [6.45, 7) is 26.4. The minimum atomic E-state index is -2.42. The van der Waals surface area contributed by atoms with Gasteiger partial charge in [-0.2, -0.15) is 0 Å². The molecule has 2 aliphatic rings. The number of nitrogens with zero attached hydrogens (tertiary/aromatic N) is 1. The molecule has 2 aliphatic heterocycles. The molecule has 1 saturated heterocycles. The summed E-state index contributed by atoms with van der Waals surface area (Å²) in [4.78, 5) is 56.7. The fourth-order valence-electron chi connectivity index (χ4n) is 8.69. The highest BCUT2D eigenvalue weighted by Gasteiger charge is 2.52. The zero-order valence-electron chi connectivity index (χ0n) is 37.7. The van der Waals surface area contributed by atoms with Gasteiger partial charge in [-0.25, -0.2) is 0 Å². The van der Waals surface area contributed by atoms with Crippen LogP contribution in [0.1, 0.15) is 102 Å². The van der Waals surface area contributed by atoms with Crippen LogP contribution in [0.3, 0.4) is 0 Å². The summed E-state index contributed by atoms with van der Waals surface area (Å²) in [5.41, 5.74) is -2.28. The normalized spacial score (nSPS) is 35.8. The molecule has 328 valence electrons. The van der Waals surface area contributed by atoms with Crippen molar-refractivity contribution in [3.63, 3.8) is 0 Å². The number of Topliss-reactive ketones (excluding diaryl/α,β-unsaturated/α-hetero) is 1. The Morgan fingerprint density at radius 1 is 1.05 bits per heavy atom. The van der Waals surface area contributed by atoms with Crippen LogP contribution in [0, 0.1) is 17.8 Å². The van der Waals surface area contributed by atoms with E-state index in [4.69, 9.17) is 32.8 Å². The summed E-state index contributed by atoms with van der Waals surface area (Å²) >= 11 is 0. The van der Waals surface area contributed by atoms with Crippen LogP contribution in [0.2, 0.25) is 18.1 Å². The van der Waals surface area contributed by atoms with E-state index in [1.54, 1.807) is 33.1 Å². The summed E-state index contributed by atoms with van der Waals surface area (Å²) in [5.74, 6) is -3.73. The van der Waals surface area contributed by atoms with Gasteiger partial charge in [0.05, 0.1) is 42.4 Å². The zero-order chi connectivity index (χ0) is 43.5. The number of allylic oxidation sites excluding steroid dienone is 1. The van der Waals surface area contributed by atoms with Crippen LogP contribution in [0.4, 0.5) is 0 Å². The molecule has 2 heterocycles. The fourth-order valence-corrected chi connectivity index (χ4v) is 11.7. The molecular formula is C43H76N2O11Si. The lowest BCUT2D eigenvalue weighted by Gasteiger charge is -2.49. The van der Waals surface area contributed by atoms with Crippen LogP contribution in [0.15, 0.2) is 24.3 Å². The Labute approximate surface area is 344 Å². The van der Waals surface area contributed by atoms with Gasteiger partial charge >= 0.3 is 17.9 Å². The van der Waals surface area contributed by atoms with E-state index in [0.717, 1.165) is 18.1 Å². The van der Waals surface area contributed by atoms with Crippen molar-refractivity contribution in [2.24, 2.45) is 17.8 Å². The smallest absolute Gasteiger partial charge is 0.320 e. The molecule has 14 heteroatoms. The number of esters is 3. The predicted molar refractivity (Wildman–Crippen MR) is 223 cm³/mol. The number of nitrogens with one attached hydrogen (secondary N) is 1. The molecular weight excluding hydrogens is 749 g/mol. The average Bonchev–Trinajstić information content (AvgIpc) is 3.15. The van der Waals surface area contributed by atoms with E-state index in [9.17, 15) is 19.2 Å². The van der Waals surface area contributed by atoms with Crippen molar-refractivity contribution in [3.8, 4) is 0 Å². The Bertz CT molecular complexity index is 1380. The van der Waals surface area contributed by atoms with Gasteiger partial charge in [-0.15, -0.1) is 6.58 Å². The third-order valence-corrected chi connectivity index (χ3v) is 16.9. The molecule has 0 radical (unpaired) electrons. The van der Waals surface area contributed by atoms with Crippen molar-refractivity contribution in [1.82, 2.24) is 10.2 Å². The highest BCUT2D eigenvalue weighted by atomic mass is 28.4. The maximum absolute atomic E-state index is 14.6. The minimum Gasteiger partial charge on any atom is -0.457 e. The summed E-state index contributed by atoms with van der Waals surface area (Å²) in [6, 6.07) is 2.25. The van der Waals surface area contributed by atoms with Gasteiger partial charge in [-0.3, -0.25) is 19.2 Å². The van der Waals surface area contributed by atoms with Crippen molar-refractivity contribution in [1.29, 1.82) is 0 Å². The van der Waals surface area contributed by atoms with Crippen LogP contribution in [-0.2, 0) is 52.0 Å². The highest BCUT2D eigenvalue weighted by molar-refractivity contribution is 6.73. The molecule has 1 fully saturated rings. The number of hydrogen-bond donors (Lipinski definition) is 1. The largest absolute Gasteiger partial charge is 0.457 e. The van der Waals surface area contributed by atoms with Crippen molar-refractivity contribution in [2.75, 3.05) is 34.3 Å². The van der Waals surface area contributed by atoms with Crippen molar-refractivity contribution >= 4 is 32.0 Å². The molecule has 2 unspecified atom stereocenters. The lowest BCUT2D eigenvalue weighted by atomic mass is 9.76. The van der Waals surface area contributed by atoms with Gasteiger partial charge < -0.3 is 43.1 Å². The van der Waals surface area contributed by atoms with Crippen molar-refractivity contribution in [3.05, 3.63) is 24.3 Å². The Balaban J connectivity index is 2.93. The third kappa shape index (κ3) is 13.0. The van der Waals surface area contributed by atoms with E-state index in [0.29, 0.717) is 25.0 Å². The molecule has 2 rings (SSSR count). The molecule has 0 aromatic carbocycles. The topological polar surface area (TPSA) is 148 Å². The molecule has 0 aromatic rings. The average molecular weight is 825 g/mol. The van der Waals surface area contributed by atoms with Gasteiger partial charge in [0.25, 0.3) is 0 Å². The maximum Gasteiger partial charge on any atom is 0.320 e. The van der Waals surface area contributed by atoms with E-state index in [1.807, 2.05) is 60.5 Å². The maximum atomic E-state index is 14.6. The van der Waals surface area contributed by atoms with Crippen LogP contribution in [0.25, 0.3) is 0 Å². The van der Waals surface area contributed by atoms with Crippen molar-refractivity contribution in [2.45, 2.75) is 175 Å². The number of likely N-dealkylation sites (N-methyl/N-ethyl adjacent to an activating group) is 1. The Morgan fingerprint density at radius 2 is 1.67 bits per heavy atom. The SMILES string of the molecule is C=CCNCC(=O)O[C@@]1(C)/C=C(\C)C(=O)[C@H](C)C[C@@](C)(OC)[C@H](O[C@@H]2O[C@H](C)C[C@H](N(C)C)[C@H]2OC(C)=O)[C@@H](C)C(O[Si](CC)(CC)CC)[C@@H](C)C(=O)OC1CC. The monoisotopic (exact) mass is 825 g/mol. The van der Waals surface area contributed by atoms with E-state index in [-0.39, 0.29) is 30.9 Å². The first-order valence-corrected chi connectivity index (χ1v) is 23.5. The fraction of sp³-hybridized carbons (Fsp3) is 0.814. The number of hydrogen-bond acceptors (Lipinski definition) is 13. The lowest BCUT2D eigenvalue weighted by molar-refractivity contribution is -0.303. The molecule has 57 heavy (non-hydrogen) atoms. The van der Waals surface area contributed by atoms with Gasteiger partial charge in [0, 0.05) is 32.4 Å². The summed E-state index contributed by atoms with van der Waals surface area (Å²) in [6.07, 6.45) is -0.178. The quantitative estimate of drug-likeness (QED) is 0.0603. The second-order valence-corrected chi connectivity index (χ2v) is 21.6. The number of carbonyl (C=O) groups excluding carboxylic acids is 4. The van der Waals surface area contributed by atoms with Crippen LogP contribution in [-0.4, -0.2) is 125 Å². The van der Waals surface area contributed by atoms with E-state index in [1.165, 1.54) is 6.92 Å². The molecule has 0 bridgehead atoms. The second kappa shape index (κ2) is 22.2. The van der Waals surface area contributed by atoms with Crippen molar-refractivity contribution < 1.29 is 52.0 Å². The minimum absolute atomic E-state index is 0.102. The van der Waals surface area contributed by atoms with Crippen LogP contribution in [0.5, 0.6) is 0 Å². The third-order valence-electron chi connectivity index (χ3n) is 12.3. The molecule has 0 spiro atoms. The highest BCUT2D eigenvalue weighted by Crippen LogP contribution is 2.41. The molecule has 0 saturated carbocycles. The Kier molecular flexibility index (Phi) is 19.8. The summed E-state index contributed by atoms with van der Waals surface area (Å²) in [7, 11) is 3.03. The number of carbonyl (C=O) groups is 4. The van der Waals surface area contributed by atoms with Gasteiger partial charge in [0.1, 0.15) is 6.10 Å². The number of rotatable bonds is 16. The molecule has 0 amide bonds. The summed E-state index contributed by atoms with van der Waals surface area (Å²) < 4.78 is 45.7. The van der Waals surface area contributed by atoms with E-state index < -0.39 is 85.9 Å². The molecule has 13 nitrogen and oxygen atoms in total. The second-order valence-electron chi connectivity index (χ2n) is 16.9. The molecule has 0 aliphatic carbocycles. The standard InChI is InChI=1S/C43H76N2O11Si/c1-17-22-44-26-35(47)55-42(12)24-27(6)36(48)28(7)25-43(13,50-16)39(54-41-38(52-32(11)46)33(45(14)15)23-29(8)51-41)30(9)37(56-57(19-3,20-4)21-5)31(10)40(49)53-34(42)18-2/h17,24,28-31,33-34,37-39,41,44H,1,18-23,25-26H2,2-16H3/b27-24+/t28-,29-,30+,31-,33+,34?,37?,38-,39-,41+,42+,43-/m1/s1. The lowest BCUT2D eigenvalue weighted by Crippen LogP contribution is -2.61. The Hall–Kier alpha value is -2.46.